The van der Waals surface area contributed by atoms with Gasteiger partial charge in [-0.2, -0.15) is 8.42 Å². The fourth-order valence-electron chi connectivity index (χ4n) is 0.509. The lowest BCUT2D eigenvalue weighted by atomic mass is 10.5. The largest absolute Gasteiger partial charge is 1.04 e. The first-order valence-electron chi connectivity index (χ1n) is 3.10. The third-order valence-corrected chi connectivity index (χ3v) is 4.53. The molecule has 28 N–H and O–H groups in total. The minimum atomic E-state index is -3.98. The summed E-state index contributed by atoms with van der Waals surface area (Å²) in [5, 5.41) is 9.82. The second kappa shape index (κ2) is 39.6. The van der Waals surface area contributed by atoms with Gasteiger partial charge in [0.1, 0.15) is 0 Å². The second-order valence-corrected chi connectivity index (χ2v) is 5.15. The molecule has 0 aromatic carbocycles. The summed E-state index contributed by atoms with van der Waals surface area (Å²) < 4.78 is 32.8. The number of quaternary nitrogens is 1. The molecule has 27 heavy (non-hydrogen) atoms. The maximum absolute atomic E-state index is 10.6. The SMILES string of the molecule is O.O.O.O.O.O.O.O.O.O.O.O.O=C([O-])/C=C\C(=O)[O][Al]1[O]S(=O)(=O)[O]1.[NH4+]. The van der Waals surface area contributed by atoms with Crippen molar-refractivity contribution in [2.45, 2.75) is 0 Å². The van der Waals surface area contributed by atoms with Crippen LogP contribution in [0, 0.1) is 0 Å². The van der Waals surface area contributed by atoms with Crippen molar-refractivity contribution in [2.75, 3.05) is 0 Å². The van der Waals surface area contributed by atoms with Crippen LogP contribution in [0.5, 0.6) is 0 Å². The molecular formula is C4H30AlNO20S. The molecule has 23 heteroatoms. The van der Waals surface area contributed by atoms with Crippen molar-refractivity contribution in [1.82, 2.24) is 6.15 Å². The predicted molar refractivity (Wildman–Crippen MR) is 86.4 cm³/mol. The molecule has 0 aromatic rings. The normalized spacial score (nSPS) is 9.85. The van der Waals surface area contributed by atoms with Crippen molar-refractivity contribution in [3.8, 4) is 0 Å². The first-order chi connectivity index (χ1) is 6.39. The van der Waals surface area contributed by atoms with Crippen LogP contribution in [0.15, 0.2) is 12.2 Å². The molecule has 0 atom stereocenters. The van der Waals surface area contributed by atoms with Crippen molar-refractivity contribution >= 4 is 37.5 Å². The predicted octanol–water partition coefficient (Wildman–Crippen LogP) is -12.4. The zero-order chi connectivity index (χ0) is 10.8. The Balaban J connectivity index is -0.0000000137. The Morgan fingerprint density at radius 2 is 1.04 bits per heavy atom. The van der Waals surface area contributed by atoms with Gasteiger partial charge in [-0.15, -0.1) is 0 Å². The Morgan fingerprint density at radius 1 is 0.741 bits per heavy atom. The van der Waals surface area contributed by atoms with Crippen LogP contribution in [0.1, 0.15) is 0 Å². The van der Waals surface area contributed by atoms with Crippen LogP contribution in [-0.4, -0.2) is 101 Å². The van der Waals surface area contributed by atoms with Gasteiger partial charge >= 0.3 is 25.5 Å². The van der Waals surface area contributed by atoms with Gasteiger partial charge in [-0.3, -0.25) is 4.79 Å². The maximum Gasteiger partial charge on any atom is 1.04 e. The van der Waals surface area contributed by atoms with Gasteiger partial charge in [-0.05, 0) is 6.08 Å². The summed E-state index contributed by atoms with van der Waals surface area (Å²) >= 11 is -2.95. The zero-order valence-electron chi connectivity index (χ0n) is 13.4. The summed E-state index contributed by atoms with van der Waals surface area (Å²) in [6.45, 7) is 0. The van der Waals surface area contributed by atoms with Gasteiger partial charge in [-0.25, -0.2) is 0 Å². The lowest BCUT2D eigenvalue weighted by Gasteiger charge is -2.18. The number of carbonyl (C=O) groups excluding carboxylic acids is 2. The van der Waals surface area contributed by atoms with E-state index in [0.717, 1.165) is 0 Å². The van der Waals surface area contributed by atoms with Gasteiger partial charge in [0.15, 0.2) is 0 Å². The van der Waals surface area contributed by atoms with Gasteiger partial charge < -0.3 is 92.0 Å². The molecule has 1 aliphatic rings. The highest BCUT2D eigenvalue weighted by atomic mass is 32.3. The van der Waals surface area contributed by atoms with Crippen molar-refractivity contribution in [3.05, 3.63) is 12.2 Å². The molecular weight excluding hydrogens is 441 g/mol. The number of aliphatic carboxylic acids is 1. The van der Waals surface area contributed by atoms with E-state index in [1.165, 1.54) is 0 Å². The second-order valence-electron chi connectivity index (χ2n) is 1.98. The van der Waals surface area contributed by atoms with Gasteiger partial charge in [0.25, 0.3) is 5.97 Å². The fraction of sp³-hybridized carbons (Fsp3) is 0. The summed E-state index contributed by atoms with van der Waals surface area (Å²) in [4.78, 5) is 20.5. The Bertz CT molecular complexity index is 383. The number of hydrogen-bond donors (Lipinski definition) is 1. The third-order valence-electron chi connectivity index (χ3n) is 0.961. The summed E-state index contributed by atoms with van der Waals surface area (Å²) in [7, 11) is -3.98. The van der Waals surface area contributed by atoms with Crippen LogP contribution in [0.2, 0.25) is 0 Å². The van der Waals surface area contributed by atoms with E-state index in [4.69, 9.17) is 0 Å². The van der Waals surface area contributed by atoms with E-state index in [1.807, 2.05) is 0 Å². The maximum atomic E-state index is 10.6. The Hall–Kier alpha value is -1.44. The molecule has 0 aliphatic carbocycles. The van der Waals surface area contributed by atoms with E-state index in [1.54, 1.807) is 0 Å². The van der Waals surface area contributed by atoms with E-state index in [9.17, 15) is 23.1 Å². The monoisotopic (exact) mass is 471 g/mol. The van der Waals surface area contributed by atoms with Crippen LogP contribution < -0.4 is 11.3 Å². The van der Waals surface area contributed by atoms with Crippen LogP contribution in [0.25, 0.3) is 0 Å². The van der Waals surface area contributed by atoms with Crippen molar-refractivity contribution < 1.29 is 99.1 Å². The molecule has 1 saturated heterocycles. The van der Waals surface area contributed by atoms with E-state index in [2.05, 4.69) is 10.3 Å². The standard InChI is InChI=1S/C4H4O4.Al.H3N.H2O4S.12H2O/c5-3(6)1-2-4(7)8;;;1-5(2,3)4;;;;;;;;;;;;/h1-2H,(H,5,6)(H,7,8);;1H3;(H2,1,2,3,4);12*1H2/q;+3;;;;;;;;;;;;;;/p-3/b2-1-;;;;;;;;;;;;;;;. The average molecular weight is 471 g/mol. The third kappa shape index (κ3) is 40.5. The van der Waals surface area contributed by atoms with E-state index in [0.29, 0.717) is 12.2 Å². The molecule has 0 radical (unpaired) electrons. The van der Waals surface area contributed by atoms with Gasteiger partial charge in [-0.1, -0.05) is 0 Å². The van der Waals surface area contributed by atoms with Gasteiger partial charge in [0, 0.05) is 6.08 Å². The minimum absolute atomic E-state index is 0. The molecule has 0 saturated carbocycles. The quantitative estimate of drug-likeness (QED) is 0.303. The number of carboxylic acid groups (broad SMARTS) is 1. The van der Waals surface area contributed by atoms with Crippen LogP contribution in [0.3, 0.4) is 0 Å². The van der Waals surface area contributed by atoms with Gasteiger partial charge in [0.05, 0.1) is 5.97 Å². The molecule has 1 rings (SSSR count). The lowest BCUT2D eigenvalue weighted by molar-refractivity contribution is -0.297. The molecule has 1 heterocycles. The topological polar surface area (TPSA) is 534 Å². The average Bonchev–Trinajstić information content (AvgIpc) is 1.97. The molecule has 21 nitrogen and oxygen atoms in total. The molecule has 1 fully saturated rings. The highest BCUT2D eigenvalue weighted by Gasteiger charge is 2.56. The number of rotatable bonds is 3. The molecule has 0 spiro atoms. The Kier molecular flexibility index (Phi) is 143. The lowest BCUT2D eigenvalue weighted by Crippen LogP contribution is -2.44. The highest BCUT2D eigenvalue weighted by Crippen LogP contribution is 2.15. The fourth-order valence-corrected chi connectivity index (χ4v) is 2.69. The number of carbonyl (C=O) groups is 2. The van der Waals surface area contributed by atoms with E-state index >= 15 is 0 Å². The van der Waals surface area contributed by atoms with Crippen molar-refractivity contribution in [1.29, 1.82) is 0 Å². The molecule has 180 valence electrons. The number of carboxylic acids is 1. The van der Waals surface area contributed by atoms with E-state index < -0.39 is 37.5 Å². The molecule has 0 amide bonds. The summed E-state index contributed by atoms with van der Waals surface area (Å²) in [5.74, 6) is -2.65. The molecule has 0 bridgehead atoms. The smallest absolute Gasteiger partial charge is 0.568 e. The minimum Gasteiger partial charge on any atom is -0.568 e. The van der Waals surface area contributed by atoms with Gasteiger partial charge in [0.2, 0.25) is 0 Å². The molecule has 0 unspecified atom stereocenters. The summed E-state index contributed by atoms with van der Waals surface area (Å²) in [6.07, 6.45) is 0.990. The van der Waals surface area contributed by atoms with Crippen LogP contribution >= 0.6 is 0 Å². The van der Waals surface area contributed by atoms with Crippen molar-refractivity contribution in [2.24, 2.45) is 0 Å². The summed E-state index contributed by atoms with van der Waals surface area (Å²) in [6, 6.07) is 0. The van der Waals surface area contributed by atoms with Crippen LogP contribution in [-0.2, 0) is 30.2 Å². The molecule has 1 aliphatic heterocycles. The van der Waals surface area contributed by atoms with Crippen LogP contribution in [0.4, 0.5) is 0 Å². The molecule has 0 aromatic heterocycles. The first-order valence-corrected chi connectivity index (χ1v) is 5.85. The zero-order valence-corrected chi connectivity index (χ0v) is 15.4. The highest BCUT2D eigenvalue weighted by molar-refractivity contribution is 7.86. The number of hydrogen-bond acceptors (Lipinski definition) is 8. The van der Waals surface area contributed by atoms with Crippen molar-refractivity contribution in [3.63, 3.8) is 0 Å². The van der Waals surface area contributed by atoms with E-state index in [-0.39, 0.29) is 71.9 Å². The Labute approximate surface area is 155 Å². The Morgan fingerprint density at radius 3 is 1.26 bits per heavy atom. The first kappa shape index (κ1) is 97.7. The summed E-state index contributed by atoms with van der Waals surface area (Å²) in [5.41, 5.74) is 0.